The Balaban J connectivity index is 1.90. The molecule has 0 unspecified atom stereocenters. The van der Waals surface area contributed by atoms with Gasteiger partial charge >= 0.3 is 0 Å². The maximum Gasteiger partial charge on any atom is 0.133 e. The zero-order valence-corrected chi connectivity index (χ0v) is 10.8. The van der Waals surface area contributed by atoms with Crippen LogP contribution in [0.1, 0.15) is 29.3 Å². The van der Waals surface area contributed by atoms with E-state index in [1.165, 1.54) is 20.5 Å². The van der Waals surface area contributed by atoms with Gasteiger partial charge in [-0.05, 0) is 37.1 Å². The summed E-state index contributed by atoms with van der Waals surface area (Å²) in [5, 5.41) is 3.27. The molecule has 2 N–H and O–H groups in total. The maximum absolute atomic E-state index is 5.84. The number of hydrogen-bond donors (Lipinski definition) is 1. The summed E-state index contributed by atoms with van der Waals surface area (Å²) >= 11 is 3.61. The third-order valence-electron chi connectivity index (χ3n) is 3.11. The first-order valence-electron chi connectivity index (χ1n) is 5.51. The van der Waals surface area contributed by atoms with Crippen molar-refractivity contribution in [3.8, 4) is 9.88 Å². The molecule has 16 heavy (non-hydrogen) atoms. The number of thiazole rings is 1. The highest BCUT2D eigenvalue weighted by atomic mass is 32.1. The molecule has 1 fully saturated rings. The molecule has 2 heterocycles. The third kappa shape index (κ3) is 1.71. The van der Waals surface area contributed by atoms with Crippen LogP contribution in [0.4, 0.5) is 0 Å². The molecule has 0 radical (unpaired) electrons. The average molecular weight is 250 g/mol. The minimum atomic E-state index is 0.414. The fourth-order valence-corrected chi connectivity index (χ4v) is 4.16. The van der Waals surface area contributed by atoms with Crippen molar-refractivity contribution in [2.45, 2.75) is 31.7 Å². The van der Waals surface area contributed by atoms with Crippen molar-refractivity contribution < 1.29 is 0 Å². The number of thiophene rings is 1. The number of aryl methyl sites for hydroxylation is 1. The minimum absolute atomic E-state index is 0.414. The van der Waals surface area contributed by atoms with Gasteiger partial charge in [0.2, 0.25) is 0 Å². The van der Waals surface area contributed by atoms with Crippen LogP contribution in [-0.2, 0) is 0 Å². The number of aromatic nitrogens is 1. The molecule has 4 heteroatoms. The van der Waals surface area contributed by atoms with Crippen LogP contribution < -0.4 is 5.73 Å². The van der Waals surface area contributed by atoms with E-state index in [2.05, 4.69) is 29.4 Å². The lowest BCUT2D eigenvalue weighted by Crippen LogP contribution is -2.34. The Morgan fingerprint density at radius 3 is 2.88 bits per heavy atom. The molecule has 0 spiro atoms. The molecule has 2 aromatic rings. The summed E-state index contributed by atoms with van der Waals surface area (Å²) in [6.07, 6.45) is 2.26. The molecule has 84 valence electrons. The summed E-state index contributed by atoms with van der Waals surface area (Å²) in [7, 11) is 0. The zero-order chi connectivity index (χ0) is 11.1. The van der Waals surface area contributed by atoms with Crippen LogP contribution in [0.3, 0.4) is 0 Å². The first-order valence-corrected chi connectivity index (χ1v) is 7.20. The second-order valence-electron chi connectivity index (χ2n) is 4.37. The van der Waals surface area contributed by atoms with Gasteiger partial charge in [-0.3, -0.25) is 0 Å². The Bertz CT molecular complexity index is 481. The summed E-state index contributed by atoms with van der Waals surface area (Å²) in [4.78, 5) is 7.40. The predicted molar refractivity (Wildman–Crippen MR) is 70.1 cm³/mol. The van der Waals surface area contributed by atoms with Crippen molar-refractivity contribution in [1.82, 2.24) is 4.98 Å². The normalized spacial score (nSPS) is 24.4. The van der Waals surface area contributed by atoms with Gasteiger partial charge in [-0.1, -0.05) is 6.07 Å². The number of nitrogens with zero attached hydrogens (tertiary/aromatic N) is 1. The van der Waals surface area contributed by atoms with E-state index >= 15 is 0 Å². The molecular formula is C12H14N2S2. The third-order valence-corrected chi connectivity index (χ3v) is 5.47. The summed E-state index contributed by atoms with van der Waals surface area (Å²) in [6.45, 7) is 2.12. The number of nitrogens with two attached hydrogens (primary N) is 1. The van der Waals surface area contributed by atoms with Crippen LogP contribution >= 0.6 is 22.7 Å². The summed E-state index contributed by atoms with van der Waals surface area (Å²) in [5.41, 5.74) is 7.04. The molecule has 0 amide bonds. The van der Waals surface area contributed by atoms with Crippen LogP contribution in [0, 0.1) is 6.92 Å². The van der Waals surface area contributed by atoms with Crippen molar-refractivity contribution in [1.29, 1.82) is 0 Å². The molecule has 0 bridgehead atoms. The van der Waals surface area contributed by atoms with E-state index in [1.807, 2.05) is 11.3 Å². The summed E-state index contributed by atoms with van der Waals surface area (Å²) < 4.78 is 0. The van der Waals surface area contributed by atoms with Crippen molar-refractivity contribution in [3.63, 3.8) is 0 Å². The van der Waals surface area contributed by atoms with E-state index in [9.17, 15) is 0 Å². The Kier molecular flexibility index (Phi) is 2.58. The van der Waals surface area contributed by atoms with Gasteiger partial charge in [0.15, 0.2) is 0 Å². The molecular weight excluding hydrogens is 236 g/mol. The largest absolute Gasteiger partial charge is 0.328 e. The summed E-state index contributed by atoms with van der Waals surface area (Å²) in [6, 6.07) is 4.63. The van der Waals surface area contributed by atoms with Crippen LogP contribution in [0.5, 0.6) is 0 Å². The molecule has 0 aromatic carbocycles. The highest BCUT2D eigenvalue weighted by Crippen LogP contribution is 2.42. The molecule has 1 aliphatic carbocycles. The van der Waals surface area contributed by atoms with Crippen LogP contribution in [0.15, 0.2) is 17.5 Å². The van der Waals surface area contributed by atoms with Crippen molar-refractivity contribution in [2.24, 2.45) is 5.73 Å². The zero-order valence-electron chi connectivity index (χ0n) is 9.14. The van der Waals surface area contributed by atoms with Crippen LogP contribution in [0.2, 0.25) is 0 Å². The molecule has 0 aliphatic heterocycles. The van der Waals surface area contributed by atoms with Gasteiger partial charge in [-0.15, -0.1) is 22.7 Å². The van der Waals surface area contributed by atoms with Crippen LogP contribution in [-0.4, -0.2) is 11.0 Å². The second kappa shape index (κ2) is 3.95. The monoisotopic (exact) mass is 250 g/mol. The SMILES string of the molecule is Cc1nc(-c2cccs2)sc1C1CC(N)C1. The quantitative estimate of drug-likeness (QED) is 0.887. The molecule has 0 saturated heterocycles. The molecule has 2 nitrogen and oxygen atoms in total. The highest BCUT2D eigenvalue weighted by molar-refractivity contribution is 7.21. The smallest absolute Gasteiger partial charge is 0.133 e. The molecule has 3 rings (SSSR count). The van der Waals surface area contributed by atoms with Gasteiger partial charge in [0.05, 0.1) is 10.6 Å². The first-order chi connectivity index (χ1) is 7.74. The van der Waals surface area contributed by atoms with Crippen molar-refractivity contribution >= 4 is 22.7 Å². The van der Waals surface area contributed by atoms with Gasteiger partial charge < -0.3 is 5.73 Å². The van der Waals surface area contributed by atoms with E-state index in [-0.39, 0.29) is 0 Å². The fourth-order valence-electron chi connectivity index (χ4n) is 2.17. The number of hydrogen-bond acceptors (Lipinski definition) is 4. The molecule has 1 saturated carbocycles. The van der Waals surface area contributed by atoms with E-state index in [0.717, 1.165) is 12.8 Å². The number of rotatable bonds is 2. The van der Waals surface area contributed by atoms with E-state index < -0.39 is 0 Å². The Morgan fingerprint density at radius 2 is 2.25 bits per heavy atom. The van der Waals surface area contributed by atoms with Crippen molar-refractivity contribution in [3.05, 3.63) is 28.1 Å². The lowest BCUT2D eigenvalue weighted by molar-refractivity contribution is 0.354. The molecule has 0 atom stereocenters. The maximum atomic E-state index is 5.84. The van der Waals surface area contributed by atoms with Gasteiger partial charge in [-0.25, -0.2) is 4.98 Å². The minimum Gasteiger partial charge on any atom is -0.328 e. The summed E-state index contributed by atoms with van der Waals surface area (Å²) in [5.74, 6) is 0.668. The Hall–Kier alpha value is -0.710. The van der Waals surface area contributed by atoms with Gasteiger partial charge in [0.1, 0.15) is 5.01 Å². The molecule has 1 aliphatic rings. The van der Waals surface area contributed by atoms with Gasteiger partial charge in [0, 0.05) is 10.9 Å². The highest BCUT2D eigenvalue weighted by Gasteiger charge is 2.30. The second-order valence-corrected chi connectivity index (χ2v) is 6.35. The van der Waals surface area contributed by atoms with Crippen LogP contribution in [0.25, 0.3) is 9.88 Å². The lowest BCUT2D eigenvalue weighted by atomic mass is 9.79. The fraction of sp³-hybridized carbons (Fsp3) is 0.417. The topological polar surface area (TPSA) is 38.9 Å². The first kappa shape index (κ1) is 10.4. The average Bonchev–Trinajstić information content (AvgIpc) is 2.81. The Labute approximate surface area is 103 Å². The Morgan fingerprint density at radius 1 is 1.44 bits per heavy atom. The van der Waals surface area contributed by atoms with Gasteiger partial charge in [0.25, 0.3) is 0 Å². The predicted octanol–water partition coefficient (Wildman–Crippen LogP) is 3.38. The van der Waals surface area contributed by atoms with Gasteiger partial charge in [-0.2, -0.15) is 0 Å². The van der Waals surface area contributed by atoms with E-state index in [0.29, 0.717) is 12.0 Å². The standard InChI is InChI=1S/C12H14N2S2/c1-7-11(8-5-9(13)6-8)16-12(14-7)10-3-2-4-15-10/h2-4,8-9H,5-6,13H2,1H3. The molecule has 2 aromatic heterocycles. The van der Waals surface area contributed by atoms with E-state index in [1.54, 1.807) is 11.3 Å². The lowest BCUT2D eigenvalue weighted by Gasteiger charge is -2.31. The van der Waals surface area contributed by atoms with Crippen molar-refractivity contribution in [2.75, 3.05) is 0 Å². The van der Waals surface area contributed by atoms with E-state index in [4.69, 9.17) is 5.73 Å².